The first-order chi connectivity index (χ1) is 19.0. The van der Waals surface area contributed by atoms with E-state index in [-0.39, 0.29) is 29.2 Å². The van der Waals surface area contributed by atoms with Gasteiger partial charge in [0.05, 0.1) is 29.6 Å². The molecule has 0 unspecified atom stereocenters. The summed E-state index contributed by atoms with van der Waals surface area (Å²) in [4.78, 5) is 13.0. The Hall–Kier alpha value is -3.97. The third-order valence-corrected chi connectivity index (χ3v) is 8.88. The molecule has 4 atom stereocenters. The smallest absolute Gasteiger partial charge is 0.243 e. The van der Waals surface area contributed by atoms with Crippen LogP contribution >= 0.6 is 0 Å². The molecule has 4 aliphatic rings. The van der Waals surface area contributed by atoms with Gasteiger partial charge in [0.15, 0.2) is 11.5 Å². The number of amides is 1. The third-order valence-electron chi connectivity index (χ3n) is 8.88. The van der Waals surface area contributed by atoms with Crippen molar-refractivity contribution in [1.82, 2.24) is 10.2 Å². The Kier molecular flexibility index (Phi) is 6.47. The molecule has 1 aromatic heterocycles. The minimum atomic E-state index is -0.818. The summed E-state index contributed by atoms with van der Waals surface area (Å²) in [5.74, 6) is 0.732. The van der Waals surface area contributed by atoms with Crippen molar-refractivity contribution in [2.45, 2.75) is 55.3 Å². The predicted octanol–water partition coefficient (Wildman–Crippen LogP) is 4.65. The number of aromatic hydroxyl groups is 1. The highest BCUT2D eigenvalue weighted by Gasteiger charge is 2.70. The summed E-state index contributed by atoms with van der Waals surface area (Å²) in [7, 11) is 1.59. The fourth-order valence-corrected chi connectivity index (χ4v) is 7.12. The van der Waals surface area contributed by atoms with Crippen LogP contribution in [-0.4, -0.2) is 52.4 Å². The molecular weight excluding hydrogens is 492 g/mol. The van der Waals surface area contributed by atoms with E-state index in [4.69, 9.17) is 9.15 Å². The van der Waals surface area contributed by atoms with E-state index in [1.54, 1.807) is 37.8 Å². The predicted molar refractivity (Wildman–Crippen MR) is 149 cm³/mol. The molecule has 2 aliphatic heterocycles. The lowest BCUT2D eigenvalue weighted by Crippen LogP contribution is -2.74. The maximum atomic E-state index is 12.1. The molecule has 7 rings (SSSR count). The lowest BCUT2D eigenvalue weighted by Gasteiger charge is -2.63. The number of furan rings is 1. The van der Waals surface area contributed by atoms with Crippen LogP contribution in [0.3, 0.4) is 0 Å². The van der Waals surface area contributed by atoms with Gasteiger partial charge in [0, 0.05) is 37.0 Å². The topological polar surface area (TPSA) is 95.2 Å². The number of likely N-dealkylation sites (tertiary alicyclic amines) is 1. The highest BCUT2D eigenvalue weighted by molar-refractivity contribution is 5.91. The molecule has 2 fully saturated rings. The van der Waals surface area contributed by atoms with Crippen LogP contribution < -0.4 is 10.1 Å². The van der Waals surface area contributed by atoms with Gasteiger partial charge < -0.3 is 29.6 Å². The van der Waals surface area contributed by atoms with Crippen molar-refractivity contribution in [2.24, 2.45) is 0 Å². The fraction of sp³-hybridized carbons (Fsp3) is 0.344. The number of phenols is 1. The van der Waals surface area contributed by atoms with Crippen molar-refractivity contribution in [1.29, 1.82) is 0 Å². The third kappa shape index (κ3) is 4.12. The highest BCUT2D eigenvalue weighted by atomic mass is 16.5. The molecule has 2 aliphatic carbocycles. The van der Waals surface area contributed by atoms with E-state index in [1.807, 2.05) is 24.3 Å². The van der Waals surface area contributed by atoms with Crippen molar-refractivity contribution < 1.29 is 24.2 Å². The first-order valence-corrected chi connectivity index (χ1v) is 13.6. The largest absolute Gasteiger partial charge is 0.504 e. The lowest BCUT2D eigenvalue weighted by molar-refractivity contribution is -0.176. The number of aliphatic hydroxyl groups is 1. The summed E-state index contributed by atoms with van der Waals surface area (Å²) in [6, 6.07) is 15.9. The van der Waals surface area contributed by atoms with E-state index in [9.17, 15) is 15.0 Å². The van der Waals surface area contributed by atoms with E-state index in [2.05, 4.69) is 34.6 Å². The first-order valence-electron chi connectivity index (χ1n) is 13.6. The van der Waals surface area contributed by atoms with Crippen LogP contribution in [0.4, 0.5) is 0 Å². The van der Waals surface area contributed by atoms with E-state index in [1.165, 1.54) is 17.2 Å². The summed E-state index contributed by atoms with van der Waals surface area (Å²) in [6.45, 7) is 0.894. The number of nitrogens with one attached hydrogen (secondary N) is 1. The van der Waals surface area contributed by atoms with Gasteiger partial charge in [-0.05, 0) is 67.5 Å². The van der Waals surface area contributed by atoms with Gasteiger partial charge in [-0.1, -0.05) is 36.4 Å². The Balaban J connectivity index is 0.000000213. The Bertz CT molecular complexity index is 1400. The molecule has 2 bridgehead atoms. The highest BCUT2D eigenvalue weighted by Crippen LogP contribution is 2.65. The molecule has 1 amide bonds. The second kappa shape index (κ2) is 9.97. The maximum absolute atomic E-state index is 12.1. The van der Waals surface area contributed by atoms with Crippen LogP contribution in [0.1, 0.15) is 47.9 Å². The van der Waals surface area contributed by atoms with E-state index in [0.717, 1.165) is 49.8 Å². The van der Waals surface area contributed by atoms with Crippen molar-refractivity contribution in [3.05, 3.63) is 95.6 Å². The van der Waals surface area contributed by atoms with Gasteiger partial charge in [0.25, 0.3) is 0 Å². The number of rotatable bonds is 4. The number of carbonyl (C=O) groups is 1. The first kappa shape index (κ1) is 25.3. The number of hydrogen-bond acceptors (Lipinski definition) is 6. The minimum absolute atomic E-state index is 0.0312. The number of ether oxygens (including phenoxy) is 1. The number of hydrogen-bond donors (Lipinski definition) is 3. The molecular formula is C32H34N2O5. The van der Waals surface area contributed by atoms with Crippen LogP contribution in [-0.2, 0) is 16.6 Å². The van der Waals surface area contributed by atoms with Gasteiger partial charge >= 0.3 is 0 Å². The van der Waals surface area contributed by atoms with Crippen molar-refractivity contribution in [3.8, 4) is 11.5 Å². The second-order valence-corrected chi connectivity index (χ2v) is 10.8. The van der Waals surface area contributed by atoms with Crippen LogP contribution in [0, 0.1) is 0 Å². The van der Waals surface area contributed by atoms with Crippen LogP contribution in [0.2, 0.25) is 0 Å². The van der Waals surface area contributed by atoms with Gasteiger partial charge in [-0.2, -0.15) is 0 Å². The Labute approximate surface area is 228 Å². The fourth-order valence-electron chi connectivity index (χ4n) is 7.12. The van der Waals surface area contributed by atoms with E-state index < -0.39 is 5.60 Å². The Morgan fingerprint density at radius 1 is 1.10 bits per heavy atom. The lowest BCUT2D eigenvalue weighted by atomic mass is 9.49. The van der Waals surface area contributed by atoms with Gasteiger partial charge in [0.2, 0.25) is 5.91 Å². The van der Waals surface area contributed by atoms with Crippen molar-refractivity contribution >= 4 is 18.1 Å². The zero-order chi connectivity index (χ0) is 27.0. The summed E-state index contributed by atoms with van der Waals surface area (Å²) in [5.41, 5.74) is 3.18. The Morgan fingerprint density at radius 2 is 1.95 bits per heavy atom. The van der Waals surface area contributed by atoms with Crippen LogP contribution in [0.25, 0.3) is 12.2 Å². The summed E-state index contributed by atoms with van der Waals surface area (Å²) < 4.78 is 11.1. The minimum Gasteiger partial charge on any atom is -0.504 e. The summed E-state index contributed by atoms with van der Waals surface area (Å²) in [6.07, 6.45) is 14.9. The second-order valence-electron chi connectivity index (χ2n) is 10.8. The summed E-state index contributed by atoms with van der Waals surface area (Å²) >= 11 is 0. The van der Waals surface area contributed by atoms with Gasteiger partial charge in [0.1, 0.15) is 6.10 Å². The molecule has 39 heavy (non-hydrogen) atoms. The van der Waals surface area contributed by atoms with E-state index in [0.29, 0.717) is 5.75 Å². The maximum Gasteiger partial charge on any atom is 0.243 e. The molecule has 3 N–H and O–H groups in total. The molecule has 3 aromatic rings. The number of piperidine rings is 1. The van der Waals surface area contributed by atoms with Crippen molar-refractivity contribution in [3.63, 3.8) is 0 Å². The van der Waals surface area contributed by atoms with Crippen molar-refractivity contribution in [2.75, 3.05) is 13.6 Å². The van der Waals surface area contributed by atoms with Crippen LogP contribution in [0.5, 0.6) is 11.5 Å². The SMILES string of the molecule is CNC(=O)/C=C/c1ccoc1.Oc1ccc2c3c1O[C@H]1CCC[C@@]4(O)[C@@H](C2)N(C=Cc2ccccc2)CC[C@]314. The number of phenolic OH excluding ortho intramolecular Hbond substituents is 1. The van der Waals surface area contributed by atoms with E-state index >= 15 is 0 Å². The molecule has 202 valence electrons. The number of benzene rings is 2. The number of likely N-dealkylation sites (N-methyl/N-ethyl adjacent to an activating group) is 1. The molecule has 1 saturated carbocycles. The molecule has 2 aromatic carbocycles. The number of carbonyl (C=O) groups excluding carboxylic acids is 1. The average Bonchev–Trinajstić information content (AvgIpc) is 3.59. The molecule has 1 saturated heterocycles. The monoisotopic (exact) mass is 526 g/mol. The van der Waals surface area contributed by atoms with Crippen LogP contribution in [0.15, 0.2) is 77.8 Å². The normalized spacial score (nSPS) is 28.0. The standard InChI is InChI=1S/C24H25NO3.C8H9NO2/c26-18-9-8-17-15-19-24(27)11-4-7-20-23(24,21(17)22(18)28-20)12-14-25(19)13-10-16-5-2-1-3-6-16;1-9-8(10)3-2-7-4-5-11-6-7/h1-3,5-6,8-10,13,19-20,26-27H,4,7,11-12,14-15H2;2-6H,1H3,(H,9,10)/b;3-2+/t19-,20+,23-,24-;/m1./s1. The van der Waals surface area contributed by atoms with Gasteiger partial charge in [-0.15, -0.1) is 0 Å². The Morgan fingerprint density at radius 3 is 2.72 bits per heavy atom. The quantitative estimate of drug-likeness (QED) is 0.429. The van der Waals surface area contributed by atoms with Gasteiger partial charge in [-0.3, -0.25) is 4.79 Å². The molecule has 3 heterocycles. The molecule has 1 spiro atoms. The molecule has 7 nitrogen and oxygen atoms in total. The zero-order valence-electron chi connectivity index (χ0n) is 22.0. The molecule has 0 radical (unpaired) electrons. The van der Waals surface area contributed by atoms with Gasteiger partial charge in [-0.25, -0.2) is 0 Å². The summed E-state index contributed by atoms with van der Waals surface area (Å²) in [5, 5.41) is 25.0. The zero-order valence-corrected chi connectivity index (χ0v) is 22.0. The molecule has 7 heteroatoms. The number of nitrogens with zero attached hydrogens (tertiary/aromatic N) is 1. The average molecular weight is 527 g/mol.